The maximum absolute atomic E-state index is 6.06. The first-order valence-electron chi connectivity index (χ1n) is 9.91. The van der Waals surface area contributed by atoms with E-state index in [1.54, 1.807) is 0 Å². The molecule has 0 aromatic carbocycles. The van der Waals surface area contributed by atoms with Crippen LogP contribution in [0.3, 0.4) is 0 Å². The molecule has 2 aliphatic rings. The summed E-state index contributed by atoms with van der Waals surface area (Å²) in [5.74, 6) is 1.14. The van der Waals surface area contributed by atoms with Gasteiger partial charge < -0.3 is 14.8 Å². The SMILES string of the molecule is Cc1nn2c3nc(ncc13)Nc1c(nn(C3CCOC(C)C3)c1C)OCCC2. The predicted molar refractivity (Wildman–Crippen MR) is 104 cm³/mol. The molecule has 5 rings (SSSR count). The number of aromatic nitrogens is 6. The summed E-state index contributed by atoms with van der Waals surface area (Å²) < 4.78 is 15.8. The third kappa shape index (κ3) is 2.90. The summed E-state index contributed by atoms with van der Waals surface area (Å²) in [5.41, 5.74) is 3.66. The van der Waals surface area contributed by atoms with Gasteiger partial charge in [0.1, 0.15) is 5.69 Å². The lowest BCUT2D eigenvalue weighted by molar-refractivity contribution is 0.00288. The first kappa shape index (κ1) is 17.4. The van der Waals surface area contributed by atoms with Gasteiger partial charge in [-0.2, -0.15) is 10.1 Å². The third-order valence-electron chi connectivity index (χ3n) is 5.58. The van der Waals surface area contributed by atoms with Crippen molar-refractivity contribution >= 4 is 22.7 Å². The molecule has 2 atom stereocenters. The molecule has 148 valence electrons. The number of ether oxygens (including phenoxy) is 2. The number of hydrogen-bond acceptors (Lipinski definition) is 7. The van der Waals surface area contributed by atoms with Gasteiger partial charge in [0.2, 0.25) is 5.95 Å². The normalized spacial score (nSPS) is 22.4. The van der Waals surface area contributed by atoms with Crippen LogP contribution in [0.25, 0.3) is 11.0 Å². The molecule has 0 aliphatic carbocycles. The second-order valence-corrected chi connectivity index (χ2v) is 7.64. The van der Waals surface area contributed by atoms with Gasteiger partial charge in [-0.15, -0.1) is 5.10 Å². The molecule has 3 aromatic rings. The summed E-state index contributed by atoms with van der Waals surface area (Å²) in [6.45, 7) is 8.23. The maximum Gasteiger partial charge on any atom is 0.257 e. The Bertz CT molecular complexity index is 1030. The Morgan fingerprint density at radius 3 is 2.96 bits per heavy atom. The summed E-state index contributed by atoms with van der Waals surface area (Å²) in [7, 11) is 0. The summed E-state index contributed by atoms with van der Waals surface area (Å²) in [4.78, 5) is 9.21. The molecule has 3 aromatic heterocycles. The van der Waals surface area contributed by atoms with Crippen molar-refractivity contribution < 1.29 is 9.47 Å². The number of hydrogen-bond donors (Lipinski definition) is 1. The van der Waals surface area contributed by atoms with Crippen molar-refractivity contribution in [3.63, 3.8) is 0 Å². The minimum Gasteiger partial charge on any atom is -0.475 e. The van der Waals surface area contributed by atoms with Gasteiger partial charge in [0.15, 0.2) is 5.65 Å². The Kier molecular flexibility index (Phi) is 4.19. The summed E-state index contributed by atoms with van der Waals surface area (Å²) in [6, 6.07) is 0.307. The van der Waals surface area contributed by atoms with Gasteiger partial charge in [0.05, 0.1) is 35.5 Å². The van der Waals surface area contributed by atoms with E-state index < -0.39 is 0 Å². The van der Waals surface area contributed by atoms with Crippen LogP contribution in [0.1, 0.15) is 43.6 Å². The van der Waals surface area contributed by atoms with E-state index in [9.17, 15) is 0 Å². The van der Waals surface area contributed by atoms with Crippen molar-refractivity contribution in [1.29, 1.82) is 0 Å². The van der Waals surface area contributed by atoms with Gasteiger partial charge in [-0.3, -0.25) is 4.68 Å². The predicted octanol–water partition coefficient (Wildman–Crippen LogP) is 2.91. The quantitative estimate of drug-likeness (QED) is 0.691. The lowest BCUT2D eigenvalue weighted by atomic mass is 10.0. The number of fused-ring (bicyclic) bond motifs is 2. The lowest BCUT2D eigenvalue weighted by Gasteiger charge is -2.28. The second-order valence-electron chi connectivity index (χ2n) is 7.64. The molecule has 9 nitrogen and oxygen atoms in total. The van der Waals surface area contributed by atoms with E-state index in [0.29, 0.717) is 24.5 Å². The van der Waals surface area contributed by atoms with E-state index in [0.717, 1.165) is 60.5 Å². The van der Waals surface area contributed by atoms with E-state index in [1.807, 2.05) is 17.8 Å². The second kappa shape index (κ2) is 6.73. The van der Waals surface area contributed by atoms with Crippen LogP contribution in [0.5, 0.6) is 5.88 Å². The molecule has 28 heavy (non-hydrogen) atoms. The molecule has 0 amide bonds. The highest BCUT2D eigenvalue weighted by atomic mass is 16.5. The number of nitrogens with zero attached hydrogens (tertiary/aromatic N) is 6. The van der Waals surface area contributed by atoms with E-state index >= 15 is 0 Å². The van der Waals surface area contributed by atoms with Crippen molar-refractivity contribution in [2.45, 2.75) is 58.7 Å². The van der Waals surface area contributed by atoms with Crippen molar-refractivity contribution in [2.24, 2.45) is 0 Å². The zero-order valence-corrected chi connectivity index (χ0v) is 16.5. The van der Waals surface area contributed by atoms with Crippen LogP contribution in [0.4, 0.5) is 11.6 Å². The fraction of sp³-hybridized carbons (Fsp3) is 0.579. The zero-order chi connectivity index (χ0) is 19.3. The van der Waals surface area contributed by atoms with E-state index in [2.05, 4.69) is 33.9 Å². The van der Waals surface area contributed by atoms with Crippen LogP contribution in [-0.2, 0) is 11.3 Å². The van der Waals surface area contributed by atoms with Crippen molar-refractivity contribution in [2.75, 3.05) is 18.5 Å². The fourth-order valence-corrected chi connectivity index (χ4v) is 4.11. The average Bonchev–Trinajstić information content (AvgIpc) is 3.16. The topological polar surface area (TPSA) is 91.9 Å². The maximum atomic E-state index is 6.06. The standard InChI is InChI=1S/C19H25N7O2/c1-11-9-14(5-8-27-11)26-13(3)16-18(24-26)28-7-4-6-25-17-15(12(2)23-25)10-20-19(21-16)22-17/h10-11,14H,4-9H2,1-3H3,(H,20,21,22). The Morgan fingerprint density at radius 2 is 2.11 bits per heavy atom. The Labute approximate surface area is 163 Å². The third-order valence-corrected chi connectivity index (χ3v) is 5.58. The molecular formula is C19H25N7O2. The smallest absolute Gasteiger partial charge is 0.257 e. The van der Waals surface area contributed by atoms with Crippen LogP contribution >= 0.6 is 0 Å². The molecule has 2 bridgehead atoms. The minimum atomic E-state index is 0.239. The van der Waals surface area contributed by atoms with E-state index in [1.165, 1.54) is 0 Å². The average molecular weight is 383 g/mol. The summed E-state index contributed by atoms with van der Waals surface area (Å²) in [5, 5.41) is 13.7. The molecule has 0 radical (unpaired) electrons. The molecule has 0 saturated carbocycles. The molecule has 9 heteroatoms. The first-order chi connectivity index (χ1) is 13.6. The molecule has 0 spiro atoms. The molecule has 2 unspecified atom stereocenters. The monoisotopic (exact) mass is 383 g/mol. The van der Waals surface area contributed by atoms with Gasteiger partial charge in [-0.05, 0) is 33.6 Å². The van der Waals surface area contributed by atoms with Crippen LogP contribution in [0.15, 0.2) is 6.20 Å². The van der Waals surface area contributed by atoms with Gasteiger partial charge in [0, 0.05) is 25.8 Å². The van der Waals surface area contributed by atoms with Crippen LogP contribution in [0, 0.1) is 13.8 Å². The highest BCUT2D eigenvalue weighted by Crippen LogP contribution is 2.35. The minimum absolute atomic E-state index is 0.239. The first-order valence-corrected chi connectivity index (χ1v) is 9.91. The number of nitrogens with one attached hydrogen (secondary N) is 1. The molecule has 1 saturated heterocycles. The molecule has 2 aliphatic heterocycles. The van der Waals surface area contributed by atoms with Gasteiger partial charge in [-0.1, -0.05) is 0 Å². The van der Waals surface area contributed by atoms with Crippen LogP contribution in [0.2, 0.25) is 0 Å². The van der Waals surface area contributed by atoms with Gasteiger partial charge >= 0.3 is 0 Å². The molecular weight excluding hydrogens is 358 g/mol. The number of anilines is 2. The van der Waals surface area contributed by atoms with Crippen molar-refractivity contribution in [1.82, 2.24) is 29.5 Å². The highest BCUT2D eigenvalue weighted by molar-refractivity contribution is 5.79. The Hall–Kier alpha value is -2.68. The van der Waals surface area contributed by atoms with Gasteiger partial charge in [-0.25, -0.2) is 9.67 Å². The molecule has 5 heterocycles. The summed E-state index contributed by atoms with van der Waals surface area (Å²) >= 11 is 0. The van der Waals surface area contributed by atoms with Gasteiger partial charge in [0.25, 0.3) is 5.88 Å². The zero-order valence-electron chi connectivity index (χ0n) is 16.5. The van der Waals surface area contributed by atoms with E-state index in [4.69, 9.17) is 19.6 Å². The lowest BCUT2D eigenvalue weighted by Crippen LogP contribution is -2.26. The van der Waals surface area contributed by atoms with Crippen molar-refractivity contribution in [3.05, 3.63) is 17.6 Å². The van der Waals surface area contributed by atoms with Crippen LogP contribution < -0.4 is 10.1 Å². The molecule has 1 fully saturated rings. The van der Waals surface area contributed by atoms with Crippen LogP contribution in [-0.4, -0.2) is 48.8 Å². The summed E-state index contributed by atoms with van der Waals surface area (Å²) in [6.07, 6.45) is 4.80. The van der Waals surface area contributed by atoms with E-state index in [-0.39, 0.29) is 6.10 Å². The fourth-order valence-electron chi connectivity index (χ4n) is 4.11. The van der Waals surface area contributed by atoms with Crippen molar-refractivity contribution in [3.8, 4) is 5.88 Å². The Balaban J connectivity index is 1.56. The largest absolute Gasteiger partial charge is 0.475 e. The number of rotatable bonds is 1. The number of aryl methyl sites for hydroxylation is 2. The molecule has 1 N–H and O–H groups in total. The highest BCUT2D eigenvalue weighted by Gasteiger charge is 2.27. The Morgan fingerprint density at radius 1 is 1.21 bits per heavy atom.